The van der Waals surface area contributed by atoms with Crippen molar-refractivity contribution in [1.82, 2.24) is 0 Å². The van der Waals surface area contributed by atoms with E-state index >= 15 is 0 Å². The van der Waals surface area contributed by atoms with Crippen molar-refractivity contribution < 1.29 is 4.74 Å². The van der Waals surface area contributed by atoms with Gasteiger partial charge in [0.15, 0.2) is 0 Å². The normalized spacial score (nSPS) is 12.4. The van der Waals surface area contributed by atoms with Crippen LogP contribution in [0.4, 0.5) is 0 Å². The highest BCUT2D eigenvalue weighted by atomic mass is 32.2. The van der Waals surface area contributed by atoms with E-state index in [1.165, 1.54) is 5.56 Å². The Labute approximate surface area is 127 Å². The predicted octanol–water partition coefficient (Wildman–Crippen LogP) is 5.75. The van der Waals surface area contributed by atoms with Gasteiger partial charge in [0.25, 0.3) is 0 Å². The van der Waals surface area contributed by atoms with E-state index in [-0.39, 0.29) is 6.10 Å². The third-order valence-electron chi connectivity index (χ3n) is 3.03. The molecule has 0 spiro atoms. The first-order valence-corrected chi connectivity index (χ1v) is 8.38. The Bertz CT molecular complexity index is 358. The summed E-state index contributed by atoms with van der Waals surface area (Å²) in [6.45, 7) is 6.55. The molecule has 1 aromatic rings. The summed E-state index contributed by atoms with van der Waals surface area (Å²) >= 11 is 7.02. The number of hydrogen-bond acceptors (Lipinski definition) is 3. The van der Waals surface area contributed by atoms with E-state index in [1.54, 1.807) is 11.8 Å². The van der Waals surface area contributed by atoms with Gasteiger partial charge < -0.3 is 4.74 Å². The Morgan fingerprint density at radius 2 is 1.74 bits per heavy atom. The van der Waals surface area contributed by atoms with Crippen molar-refractivity contribution in [2.75, 3.05) is 0 Å². The van der Waals surface area contributed by atoms with E-state index in [2.05, 4.69) is 45.0 Å². The van der Waals surface area contributed by atoms with Crippen LogP contribution >= 0.6 is 24.0 Å². The molecule has 0 N–H and O–H groups in total. The molecule has 0 radical (unpaired) electrons. The fraction of sp³-hybridized carbons (Fsp3) is 0.562. The maximum atomic E-state index is 5.92. The second-order valence-corrected chi connectivity index (χ2v) is 6.68. The first kappa shape index (κ1) is 16.5. The summed E-state index contributed by atoms with van der Waals surface area (Å²) < 4.78 is 6.60. The third kappa shape index (κ3) is 6.44. The van der Waals surface area contributed by atoms with Crippen molar-refractivity contribution in [1.29, 1.82) is 0 Å². The van der Waals surface area contributed by atoms with Gasteiger partial charge >= 0.3 is 0 Å². The maximum Gasteiger partial charge on any atom is 0.220 e. The molecular formula is C16H24OS2. The molecule has 1 nitrogen and oxygen atoms in total. The summed E-state index contributed by atoms with van der Waals surface area (Å²) in [5.74, 6) is 0. The quantitative estimate of drug-likeness (QED) is 0.593. The minimum atomic E-state index is 0.290. The van der Waals surface area contributed by atoms with Crippen LogP contribution in [0.25, 0.3) is 0 Å². The van der Waals surface area contributed by atoms with Crippen molar-refractivity contribution in [3.63, 3.8) is 0 Å². The van der Waals surface area contributed by atoms with Gasteiger partial charge in [0.2, 0.25) is 4.38 Å². The van der Waals surface area contributed by atoms with Gasteiger partial charge in [0, 0.05) is 5.25 Å². The summed E-state index contributed by atoms with van der Waals surface area (Å²) in [6, 6.07) is 10.4. The van der Waals surface area contributed by atoms with Gasteiger partial charge in [-0.2, -0.15) is 0 Å². The van der Waals surface area contributed by atoms with Crippen LogP contribution in [0.15, 0.2) is 30.3 Å². The lowest BCUT2D eigenvalue weighted by Crippen LogP contribution is -2.15. The second-order valence-electron chi connectivity index (χ2n) is 4.74. The van der Waals surface area contributed by atoms with E-state index in [9.17, 15) is 0 Å². The monoisotopic (exact) mass is 296 g/mol. The topological polar surface area (TPSA) is 9.23 Å². The van der Waals surface area contributed by atoms with Crippen LogP contribution in [0.2, 0.25) is 0 Å². The van der Waals surface area contributed by atoms with Gasteiger partial charge in [-0.25, -0.2) is 0 Å². The highest BCUT2D eigenvalue weighted by Gasteiger charge is 2.14. The molecule has 0 amide bonds. The molecule has 0 aromatic heterocycles. The summed E-state index contributed by atoms with van der Waals surface area (Å²) in [5.41, 5.74) is 1.29. The largest absolute Gasteiger partial charge is 0.475 e. The van der Waals surface area contributed by atoms with E-state index in [1.807, 2.05) is 6.07 Å². The molecule has 0 saturated heterocycles. The molecule has 0 heterocycles. The van der Waals surface area contributed by atoms with Gasteiger partial charge in [0.1, 0.15) is 6.10 Å². The van der Waals surface area contributed by atoms with Crippen LogP contribution in [-0.4, -0.2) is 10.5 Å². The molecule has 0 bridgehead atoms. The molecule has 0 aliphatic carbocycles. The lowest BCUT2D eigenvalue weighted by atomic mass is 10.1. The molecule has 0 saturated carbocycles. The molecule has 1 atom stereocenters. The molecule has 0 aliphatic heterocycles. The Hall–Kier alpha value is -0.540. The SMILES string of the molecule is CCCC(CCC)OC(=S)SC(C)c1ccccc1. The highest BCUT2D eigenvalue weighted by Crippen LogP contribution is 2.30. The lowest BCUT2D eigenvalue weighted by Gasteiger charge is -2.20. The standard InChI is InChI=1S/C16H24OS2/c1-4-9-15(10-5-2)17-16(18)19-13(3)14-11-7-6-8-12-14/h6-8,11-13,15H,4-5,9-10H2,1-3H3. The smallest absolute Gasteiger partial charge is 0.220 e. The first-order chi connectivity index (χ1) is 9.17. The number of ether oxygens (including phenoxy) is 1. The zero-order valence-electron chi connectivity index (χ0n) is 12.1. The minimum absolute atomic E-state index is 0.290. The van der Waals surface area contributed by atoms with E-state index < -0.39 is 0 Å². The molecule has 1 unspecified atom stereocenters. The van der Waals surface area contributed by atoms with Crippen LogP contribution in [0.1, 0.15) is 57.3 Å². The van der Waals surface area contributed by atoms with Crippen LogP contribution in [0.3, 0.4) is 0 Å². The molecule has 19 heavy (non-hydrogen) atoms. The summed E-state index contributed by atoms with van der Waals surface area (Å²) in [6.07, 6.45) is 4.76. The van der Waals surface area contributed by atoms with E-state index in [0.717, 1.165) is 25.7 Å². The Morgan fingerprint density at radius 3 is 2.26 bits per heavy atom. The zero-order valence-corrected chi connectivity index (χ0v) is 13.7. The van der Waals surface area contributed by atoms with Gasteiger partial charge in [0.05, 0.1) is 0 Å². The van der Waals surface area contributed by atoms with Crippen LogP contribution in [-0.2, 0) is 4.74 Å². The molecule has 106 valence electrons. The Morgan fingerprint density at radius 1 is 1.16 bits per heavy atom. The Balaban J connectivity index is 2.45. The van der Waals surface area contributed by atoms with Crippen molar-refractivity contribution >= 4 is 28.4 Å². The fourth-order valence-electron chi connectivity index (χ4n) is 2.01. The van der Waals surface area contributed by atoms with E-state index in [0.29, 0.717) is 9.63 Å². The van der Waals surface area contributed by atoms with Gasteiger partial charge in [-0.15, -0.1) is 0 Å². The lowest BCUT2D eigenvalue weighted by molar-refractivity contribution is 0.177. The zero-order chi connectivity index (χ0) is 14.1. The van der Waals surface area contributed by atoms with Gasteiger partial charge in [-0.1, -0.05) is 68.8 Å². The highest BCUT2D eigenvalue weighted by molar-refractivity contribution is 8.22. The third-order valence-corrected chi connectivity index (χ3v) is 4.33. The average Bonchev–Trinajstić information content (AvgIpc) is 2.40. The van der Waals surface area contributed by atoms with Crippen LogP contribution in [0.5, 0.6) is 0 Å². The van der Waals surface area contributed by atoms with Crippen molar-refractivity contribution in [3.8, 4) is 0 Å². The van der Waals surface area contributed by atoms with Crippen LogP contribution in [0, 0.1) is 0 Å². The Kier molecular flexibility index (Phi) is 8.15. The summed E-state index contributed by atoms with van der Waals surface area (Å²) in [7, 11) is 0. The van der Waals surface area contributed by atoms with Crippen molar-refractivity contribution in [2.24, 2.45) is 0 Å². The molecule has 0 aliphatic rings. The van der Waals surface area contributed by atoms with Gasteiger partial charge in [-0.05, 0) is 37.5 Å². The number of thiocarbonyl (C=S) groups is 1. The van der Waals surface area contributed by atoms with Crippen LogP contribution < -0.4 is 0 Å². The van der Waals surface area contributed by atoms with Gasteiger partial charge in [-0.3, -0.25) is 0 Å². The molecule has 1 rings (SSSR count). The summed E-state index contributed by atoms with van der Waals surface area (Å²) in [4.78, 5) is 0. The first-order valence-electron chi connectivity index (χ1n) is 7.09. The molecule has 0 fully saturated rings. The number of thioether (sulfide) groups is 1. The average molecular weight is 297 g/mol. The molecular weight excluding hydrogens is 272 g/mol. The summed E-state index contributed by atoms with van der Waals surface area (Å²) in [5, 5.41) is 0.345. The van der Waals surface area contributed by atoms with E-state index in [4.69, 9.17) is 17.0 Å². The minimum Gasteiger partial charge on any atom is -0.475 e. The number of benzene rings is 1. The fourth-order valence-corrected chi connectivity index (χ4v) is 3.35. The maximum absolute atomic E-state index is 5.92. The molecule has 1 aromatic carbocycles. The number of rotatable bonds is 7. The van der Waals surface area contributed by atoms with Crippen molar-refractivity contribution in [2.45, 2.75) is 57.8 Å². The predicted molar refractivity (Wildman–Crippen MR) is 89.7 cm³/mol. The molecule has 3 heteroatoms. The second kappa shape index (κ2) is 9.38. The number of hydrogen-bond donors (Lipinski definition) is 0. The van der Waals surface area contributed by atoms with Crippen molar-refractivity contribution in [3.05, 3.63) is 35.9 Å².